The highest BCUT2D eigenvalue weighted by atomic mass is 16.1. The van der Waals surface area contributed by atoms with E-state index < -0.39 is 0 Å². The van der Waals surface area contributed by atoms with Crippen molar-refractivity contribution in [3.05, 3.63) is 54.6 Å². The van der Waals surface area contributed by atoms with Gasteiger partial charge in [-0.1, -0.05) is 55.3 Å². The highest BCUT2D eigenvalue weighted by molar-refractivity contribution is 5.90. The second-order valence-corrected chi connectivity index (χ2v) is 6.98. The molecule has 2 N–H and O–H groups in total. The summed E-state index contributed by atoms with van der Waals surface area (Å²) >= 11 is 0. The quantitative estimate of drug-likeness (QED) is 0.652. The smallest absolute Gasteiger partial charge is 0.223 e. The molecular formula is C22H24N4O. The molecule has 0 saturated heterocycles. The number of anilines is 1. The van der Waals surface area contributed by atoms with E-state index in [1.54, 1.807) is 0 Å². The topological polar surface area (TPSA) is 66.9 Å². The summed E-state index contributed by atoms with van der Waals surface area (Å²) in [7, 11) is 0. The summed E-state index contributed by atoms with van der Waals surface area (Å²) < 4.78 is 0. The molecule has 0 spiro atoms. The van der Waals surface area contributed by atoms with Crippen molar-refractivity contribution in [1.82, 2.24) is 15.3 Å². The molecule has 4 rings (SSSR count). The van der Waals surface area contributed by atoms with E-state index in [9.17, 15) is 4.79 Å². The molecule has 0 radical (unpaired) electrons. The maximum absolute atomic E-state index is 12.1. The molecule has 0 aliphatic heterocycles. The van der Waals surface area contributed by atoms with Gasteiger partial charge >= 0.3 is 0 Å². The summed E-state index contributed by atoms with van der Waals surface area (Å²) in [5.74, 6) is 1.89. The molecule has 1 aliphatic carbocycles. The van der Waals surface area contributed by atoms with E-state index in [4.69, 9.17) is 9.97 Å². The fraction of sp³-hybridized carbons (Fsp3) is 0.318. The summed E-state index contributed by atoms with van der Waals surface area (Å²) in [6.45, 7) is 1.22. The maximum Gasteiger partial charge on any atom is 0.223 e. The number of aromatic nitrogens is 2. The van der Waals surface area contributed by atoms with Gasteiger partial charge in [-0.05, 0) is 25.0 Å². The van der Waals surface area contributed by atoms with E-state index in [2.05, 4.69) is 10.6 Å². The zero-order valence-electron chi connectivity index (χ0n) is 15.3. The normalized spacial score (nSPS) is 14.4. The number of rotatable bonds is 6. The van der Waals surface area contributed by atoms with Crippen molar-refractivity contribution < 1.29 is 4.79 Å². The lowest BCUT2D eigenvalue weighted by Gasteiger charge is -2.13. The van der Waals surface area contributed by atoms with Crippen LogP contribution < -0.4 is 10.6 Å². The van der Waals surface area contributed by atoms with E-state index in [0.717, 1.165) is 35.1 Å². The van der Waals surface area contributed by atoms with Crippen molar-refractivity contribution in [2.75, 3.05) is 18.4 Å². The van der Waals surface area contributed by atoms with Crippen LogP contribution in [0.1, 0.15) is 25.7 Å². The standard InChI is InChI=1S/C22H24N4O/c27-22(17-10-4-5-11-17)24-15-14-23-21-18-12-6-7-13-19(18)25-20(26-21)16-8-2-1-3-9-16/h1-3,6-9,12-13,17H,4-5,10-11,14-15H2,(H,24,27)(H,23,25,26). The molecular weight excluding hydrogens is 336 g/mol. The molecule has 5 heteroatoms. The van der Waals surface area contributed by atoms with E-state index >= 15 is 0 Å². The number of benzene rings is 2. The SMILES string of the molecule is O=C(NCCNc1nc(-c2ccccc2)nc2ccccc12)C1CCCC1. The molecule has 1 fully saturated rings. The van der Waals surface area contributed by atoms with E-state index in [-0.39, 0.29) is 11.8 Å². The molecule has 138 valence electrons. The monoisotopic (exact) mass is 360 g/mol. The van der Waals surface area contributed by atoms with Gasteiger partial charge in [0.1, 0.15) is 5.82 Å². The van der Waals surface area contributed by atoms with Crippen molar-refractivity contribution in [2.24, 2.45) is 5.92 Å². The fourth-order valence-corrected chi connectivity index (χ4v) is 3.63. The Kier molecular flexibility index (Phi) is 5.28. The second-order valence-electron chi connectivity index (χ2n) is 6.98. The summed E-state index contributed by atoms with van der Waals surface area (Å²) in [5, 5.41) is 7.41. The Hall–Kier alpha value is -2.95. The number of para-hydroxylation sites is 1. The van der Waals surface area contributed by atoms with Gasteiger partial charge < -0.3 is 10.6 Å². The van der Waals surface area contributed by atoms with E-state index in [0.29, 0.717) is 18.9 Å². The van der Waals surface area contributed by atoms with Crippen molar-refractivity contribution >= 4 is 22.6 Å². The Bertz CT molecular complexity index is 920. The Labute approximate surface area is 159 Å². The molecule has 27 heavy (non-hydrogen) atoms. The summed E-state index contributed by atoms with van der Waals surface area (Å²) in [4.78, 5) is 21.6. The minimum atomic E-state index is 0.187. The minimum absolute atomic E-state index is 0.187. The van der Waals surface area contributed by atoms with Gasteiger partial charge in [0.25, 0.3) is 0 Å². The maximum atomic E-state index is 12.1. The van der Waals surface area contributed by atoms with Crippen LogP contribution in [0.15, 0.2) is 54.6 Å². The van der Waals surface area contributed by atoms with Gasteiger partial charge in [-0.2, -0.15) is 0 Å². The molecule has 0 unspecified atom stereocenters. The lowest BCUT2D eigenvalue weighted by Crippen LogP contribution is -2.33. The Morgan fingerprint density at radius 1 is 0.926 bits per heavy atom. The van der Waals surface area contributed by atoms with Gasteiger partial charge in [-0.3, -0.25) is 4.79 Å². The van der Waals surface area contributed by atoms with Crippen LogP contribution in [0.25, 0.3) is 22.3 Å². The zero-order chi connectivity index (χ0) is 18.5. The van der Waals surface area contributed by atoms with Crippen LogP contribution in [0.5, 0.6) is 0 Å². The molecule has 1 aromatic heterocycles. The van der Waals surface area contributed by atoms with Crippen LogP contribution in [0.3, 0.4) is 0 Å². The Balaban J connectivity index is 1.48. The van der Waals surface area contributed by atoms with Gasteiger partial charge in [-0.25, -0.2) is 9.97 Å². The van der Waals surface area contributed by atoms with E-state index in [1.165, 1.54) is 12.8 Å². The molecule has 0 bridgehead atoms. The third kappa shape index (κ3) is 4.08. The highest BCUT2D eigenvalue weighted by Crippen LogP contribution is 2.25. The summed E-state index contributed by atoms with van der Waals surface area (Å²) in [5.41, 5.74) is 1.89. The first-order chi connectivity index (χ1) is 13.3. The summed E-state index contributed by atoms with van der Waals surface area (Å²) in [6, 6.07) is 18.0. The van der Waals surface area contributed by atoms with Crippen molar-refractivity contribution in [3.63, 3.8) is 0 Å². The molecule has 2 aromatic carbocycles. The van der Waals surface area contributed by atoms with Crippen LogP contribution >= 0.6 is 0 Å². The molecule has 5 nitrogen and oxygen atoms in total. The van der Waals surface area contributed by atoms with Crippen molar-refractivity contribution in [3.8, 4) is 11.4 Å². The number of fused-ring (bicyclic) bond motifs is 1. The third-order valence-electron chi connectivity index (χ3n) is 5.08. The lowest BCUT2D eigenvalue weighted by molar-refractivity contribution is -0.124. The minimum Gasteiger partial charge on any atom is -0.368 e. The third-order valence-corrected chi connectivity index (χ3v) is 5.08. The first-order valence-corrected chi connectivity index (χ1v) is 9.65. The van der Waals surface area contributed by atoms with Crippen LogP contribution in [0, 0.1) is 5.92 Å². The van der Waals surface area contributed by atoms with Gasteiger partial charge in [0.2, 0.25) is 5.91 Å². The van der Waals surface area contributed by atoms with Gasteiger partial charge in [-0.15, -0.1) is 0 Å². The van der Waals surface area contributed by atoms with Gasteiger partial charge in [0, 0.05) is 30.0 Å². The first kappa shape index (κ1) is 17.5. The number of nitrogens with zero attached hydrogens (tertiary/aromatic N) is 2. The largest absolute Gasteiger partial charge is 0.368 e. The Morgan fingerprint density at radius 3 is 2.48 bits per heavy atom. The fourth-order valence-electron chi connectivity index (χ4n) is 3.63. The number of hydrogen-bond donors (Lipinski definition) is 2. The van der Waals surface area contributed by atoms with Gasteiger partial charge in [0.05, 0.1) is 5.52 Å². The molecule has 3 aromatic rings. The highest BCUT2D eigenvalue weighted by Gasteiger charge is 2.21. The number of amides is 1. The predicted molar refractivity (Wildman–Crippen MR) is 108 cm³/mol. The van der Waals surface area contributed by atoms with E-state index in [1.807, 2.05) is 54.6 Å². The first-order valence-electron chi connectivity index (χ1n) is 9.65. The zero-order valence-corrected chi connectivity index (χ0v) is 15.3. The average Bonchev–Trinajstić information content (AvgIpc) is 3.26. The van der Waals surface area contributed by atoms with Crippen LogP contribution in [-0.4, -0.2) is 29.0 Å². The molecule has 1 aliphatic rings. The van der Waals surface area contributed by atoms with Crippen LogP contribution in [-0.2, 0) is 4.79 Å². The second kappa shape index (κ2) is 8.16. The lowest BCUT2D eigenvalue weighted by atomic mass is 10.1. The number of carbonyl (C=O) groups is 1. The van der Waals surface area contributed by atoms with Crippen molar-refractivity contribution in [1.29, 1.82) is 0 Å². The molecule has 1 heterocycles. The average molecular weight is 360 g/mol. The summed E-state index contributed by atoms with van der Waals surface area (Å²) in [6.07, 6.45) is 4.39. The molecule has 1 saturated carbocycles. The molecule has 0 atom stereocenters. The Morgan fingerprint density at radius 2 is 1.67 bits per heavy atom. The number of carbonyl (C=O) groups excluding carboxylic acids is 1. The number of nitrogens with one attached hydrogen (secondary N) is 2. The molecule has 1 amide bonds. The van der Waals surface area contributed by atoms with Gasteiger partial charge in [0.15, 0.2) is 5.82 Å². The van der Waals surface area contributed by atoms with Crippen molar-refractivity contribution in [2.45, 2.75) is 25.7 Å². The van der Waals surface area contributed by atoms with Crippen LogP contribution in [0.4, 0.5) is 5.82 Å². The predicted octanol–water partition coefficient (Wildman–Crippen LogP) is 4.02. The van der Waals surface area contributed by atoms with Crippen LogP contribution in [0.2, 0.25) is 0 Å². The number of hydrogen-bond acceptors (Lipinski definition) is 4.